The molecule has 1 aromatic rings. The molecule has 0 aliphatic carbocycles. The molecule has 2 atom stereocenters. The van der Waals surface area contributed by atoms with Crippen LogP contribution >= 0.6 is 0 Å². The topological polar surface area (TPSA) is 55.6 Å². The van der Waals surface area contributed by atoms with Gasteiger partial charge in [-0.2, -0.15) is 0 Å². The molecule has 0 spiro atoms. The van der Waals surface area contributed by atoms with Gasteiger partial charge in [0, 0.05) is 18.3 Å². The summed E-state index contributed by atoms with van der Waals surface area (Å²) in [5, 5.41) is 0. The van der Waals surface area contributed by atoms with E-state index in [4.69, 9.17) is 10.5 Å². The van der Waals surface area contributed by atoms with E-state index in [1.165, 1.54) is 5.56 Å². The third-order valence-electron chi connectivity index (χ3n) is 4.27. The number of piperidine rings is 1. The third kappa shape index (κ3) is 4.21. The highest BCUT2D eigenvalue weighted by molar-refractivity contribution is 5.72. The number of rotatable bonds is 5. The minimum absolute atomic E-state index is 0.0225. The predicted molar refractivity (Wildman–Crippen MR) is 85.0 cm³/mol. The number of ether oxygens (including phenoxy) is 1. The van der Waals surface area contributed by atoms with Crippen LogP contribution in [0.15, 0.2) is 24.3 Å². The number of hydrogen-bond donors (Lipinski definition) is 1. The number of nitrogens with two attached hydrogens (primary N) is 1. The van der Waals surface area contributed by atoms with E-state index in [-0.39, 0.29) is 11.9 Å². The van der Waals surface area contributed by atoms with Crippen molar-refractivity contribution in [2.45, 2.75) is 39.2 Å². The molecular formula is C17H26N2O2. The molecule has 21 heavy (non-hydrogen) atoms. The van der Waals surface area contributed by atoms with Crippen LogP contribution in [0.3, 0.4) is 0 Å². The molecule has 2 rings (SSSR count). The fourth-order valence-electron chi connectivity index (χ4n) is 3.03. The maximum atomic E-state index is 11.9. The van der Waals surface area contributed by atoms with Gasteiger partial charge in [0.15, 0.2) is 0 Å². The van der Waals surface area contributed by atoms with Gasteiger partial charge in [0.1, 0.15) is 0 Å². The second-order valence-electron chi connectivity index (χ2n) is 5.84. The molecule has 0 radical (unpaired) electrons. The Morgan fingerprint density at radius 1 is 1.48 bits per heavy atom. The van der Waals surface area contributed by atoms with E-state index in [9.17, 15) is 4.79 Å². The lowest BCUT2D eigenvalue weighted by Gasteiger charge is -2.36. The highest BCUT2D eigenvalue weighted by atomic mass is 16.5. The van der Waals surface area contributed by atoms with E-state index >= 15 is 0 Å². The summed E-state index contributed by atoms with van der Waals surface area (Å²) in [6, 6.07) is 8.39. The van der Waals surface area contributed by atoms with Crippen molar-refractivity contribution in [2.24, 2.45) is 5.92 Å². The molecule has 116 valence electrons. The zero-order valence-corrected chi connectivity index (χ0v) is 13.0. The van der Waals surface area contributed by atoms with Crippen LogP contribution in [0, 0.1) is 5.92 Å². The van der Waals surface area contributed by atoms with E-state index < -0.39 is 0 Å². The maximum absolute atomic E-state index is 11.9. The first-order valence-corrected chi connectivity index (χ1v) is 7.86. The molecule has 0 amide bonds. The SMILES string of the molecule is CCOC(=O)C1CCCN(C(C)Cc2ccccc2N)C1. The summed E-state index contributed by atoms with van der Waals surface area (Å²) in [6.45, 7) is 6.38. The fourth-order valence-corrected chi connectivity index (χ4v) is 3.03. The molecule has 2 unspecified atom stereocenters. The first-order chi connectivity index (χ1) is 10.1. The average Bonchev–Trinajstić information content (AvgIpc) is 2.50. The molecule has 1 saturated heterocycles. The minimum Gasteiger partial charge on any atom is -0.466 e. The number of likely N-dealkylation sites (tertiary alicyclic amines) is 1. The number of anilines is 1. The quantitative estimate of drug-likeness (QED) is 0.668. The van der Waals surface area contributed by atoms with E-state index in [2.05, 4.69) is 17.9 Å². The van der Waals surface area contributed by atoms with Gasteiger partial charge in [-0.05, 0) is 51.3 Å². The lowest BCUT2D eigenvalue weighted by atomic mass is 9.95. The molecule has 1 aliphatic heterocycles. The van der Waals surface area contributed by atoms with Crippen LogP contribution in [-0.4, -0.2) is 36.6 Å². The molecular weight excluding hydrogens is 264 g/mol. The highest BCUT2D eigenvalue weighted by Crippen LogP contribution is 2.22. The van der Waals surface area contributed by atoms with Crippen molar-refractivity contribution in [1.29, 1.82) is 0 Å². The zero-order chi connectivity index (χ0) is 15.2. The molecule has 1 heterocycles. The van der Waals surface area contributed by atoms with Crippen LogP contribution in [0.25, 0.3) is 0 Å². The average molecular weight is 290 g/mol. The van der Waals surface area contributed by atoms with Gasteiger partial charge < -0.3 is 10.5 Å². The summed E-state index contributed by atoms with van der Waals surface area (Å²) in [4.78, 5) is 14.3. The molecule has 0 saturated carbocycles. The van der Waals surface area contributed by atoms with Crippen LogP contribution in [0.4, 0.5) is 5.69 Å². The summed E-state index contributed by atoms with van der Waals surface area (Å²) in [7, 11) is 0. The molecule has 1 aromatic carbocycles. The van der Waals surface area contributed by atoms with E-state index in [0.29, 0.717) is 12.6 Å². The van der Waals surface area contributed by atoms with Crippen molar-refractivity contribution >= 4 is 11.7 Å². The Balaban J connectivity index is 1.94. The van der Waals surface area contributed by atoms with Crippen LogP contribution in [0.2, 0.25) is 0 Å². The lowest BCUT2D eigenvalue weighted by molar-refractivity contribution is -0.150. The standard InChI is InChI=1S/C17H26N2O2/c1-3-21-17(20)15-8-6-10-19(12-15)13(2)11-14-7-4-5-9-16(14)18/h4-5,7,9,13,15H,3,6,8,10-12,18H2,1-2H3. The Morgan fingerprint density at radius 2 is 2.24 bits per heavy atom. The van der Waals surface area contributed by atoms with Crippen LogP contribution in [0.1, 0.15) is 32.3 Å². The van der Waals surface area contributed by atoms with E-state index in [1.54, 1.807) is 0 Å². The number of carbonyl (C=O) groups is 1. The number of nitrogens with zero attached hydrogens (tertiary/aromatic N) is 1. The van der Waals surface area contributed by atoms with Crippen molar-refractivity contribution in [2.75, 3.05) is 25.4 Å². The molecule has 1 fully saturated rings. The van der Waals surface area contributed by atoms with Crippen LogP contribution in [-0.2, 0) is 16.0 Å². The van der Waals surface area contributed by atoms with Crippen molar-refractivity contribution < 1.29 is 9.53 Å². The smallest absolute Gasteiger partial charge is 0.310 e. The molecule has 2 N–H and O–H groups in total. The van der Waals surface area contributed by atoms with Gasteiger partial charge in [-0.25, -0.2) is 0 Å². The minimum atomic E-state index is -0.0476. The number of hydrogen-bond acceptors (Lipinski definition) is 4. The predicted octanol–water partition coefficient (Wildman–Crippen LogP) is 2.47. The summed E-state index contributed by atoms with van der Waals surface area (Å²) in [6.07, 6.45) is 2.91. The van der Waals surface area contributed by atoms with Gasteiger partial charge in [-0.3, -0.25) is 9.69 Å². The molecule has 4 nitrogen and oxygen atoms in total. The van der Waals surface area contributed by atoms with Gasteiger partial charge in [0.25, 0.3) is 0 Å². The molecule has 0 bridgehead atoms. The summed E-state index contributed by atoms with van der Waals surface area (Å²) >= 11 is 0. The fraction of sp³-hybridized carbons (Fsp3) is 0.588. The second kappa shape index (κ2) is 7.46. The summed E-state index contributed by atoms with van der Waals surface area (Å²) < 4.78 is 5.16. The monoisotopic (exact) mass is 290 g/mol. The molecule has 0 aromatic heterocycles. The largest absolute Gasteiger partial charge is 0.466 e. The van der Waals surface area contributed by atoms with Crippen molar-refractivity contribution in [1.82, 2.24) is 4.90 Å². The first-order valence-electron chi connectivity index (χ1n) is 7.86. The Labute approximate surface area is 127 Å². The van der Waals surface area contributed by atoms with Crippen LogP contribution in [0.5, 0.6) is 0 Å². The lowest BCUT2D eigenvalue weighted by Crippen LogP contribution is -2.44. The van der Waals surface area contributed by atoms with Gasteiger partial charge in [-0.15, -0.1) is 0 Å². The Morgan fingerprint density at radius 3 is 2.95 bits per heavy atom. The molecule has 1 aliphatic rings. The summed E-state index contributed by atoms with van der Waals surface area (Å²) in [5.74, 6) is -0.0251. The van der Waals surface area contributed by atoms with Gasteiger partial charge in [0.05, 0.1) is 12.5 Å². The van der Waals surface area contributed by atoms with Gasteiger partial charge in [-0.1, -0.05) is 18.2 Å². The van der Waals surface area contributed by atoms with Crippen molar-refractivity contribution in [3.63, 3.8) is 0 Å². The van der Waals surface area contributed by atoms with Crippen molar-refractivity contribution in [3.05, 3.63) is 29.8 Å². The van der Waals surface area contributed by atoms with E-state index in [0.717, 1.165) is 38.0 Å². The van der Waals surface area contributed by atoms with Crippen molar-refractivity contribution in [3.8, 4) is 0 Å². The first kappa shape index (κ1) is 15.8. The summed E-state index contributed by atoms with van der Waals surface area (Å²) in [5.41, 5.74) is 8.05. The number of nitrogen functional groups attached to an aromatic ring is 1. The Bertz CT molecular complexity index is 476. The Kier molecular flexibility index (Phi) is 5.62. The second-order valence-corrected chi connectivity index (χ2v) is 5.84. The maximum Gasteiger partial charge on any atom is 0.310 e. The number of para-hydroxylation sites is 1. The highest BCUT2D eigenvalue weighted by Gasteiger charge is 2.29. The Hall–Kier alpha value is -1.55. The third-order valence-corrected chi connectivity index (χ3v) is 4.27. The number of carbonyl (C=O) groups excluding carboxylic acids is 1. The number of esters is 1. The number of benzene rings is 1. The normalized spacial score (nSPS) is 21.0. The zero-order valence-electron chi connectivity index (χ0n) is 13.0. The van der Waals surface area contributed by atoms with Gasteiger partial charge >= 0.3 is 5.97 Å². The molecule has 4 heteroatoms. The van der Waals surface area contributed by atoms with Gasteiger partial charge in [0.2, 0.25) is 0 Å². The van der Waals surface area contributed by atoms with Crippen LogP contribution < -0.4 is 5.73 Å². The van der Waals surface area contributed by atoms with E-state index in [1.807, 2.05) is 25.1 Å².